The summed E-state index contributed by atoms with van der Waals surface area (Å²) in [6.07, 6.45) is 2.70. The second-order valence-corrected chi connectivity index (χ2v) is 5.39. The van der Waals surface area contributed by atoms with E-state index in [1.165, 1.54) is 12.8 Å². The van der Waals surface area contributed by atoms with Crippen molar-refractivity contribution in [3.8, 4) is 0 Å². The monoisotopic (exact) mass is 234 g/mol. The zero-order valence-electron chi connectivity index (χ0n) is 8.95. The highest BCUT2D eigenvalue weighted by molar-refractivity contribution is 8.00. The Morgan fingerprint density at radius 2 is 2.31 bits per heavy atom. The zero-order valence-corrected chi connectivity index (χ0v) is 9.77. The fourth-order valence-corrected chi connectivity index (χ4v) is 2.57. The molecular weight excluding hydrogens is 220 g/mol. The first kappa shape index (κ1) is 10.0. The summed E-state index contributed by atoms with van der Waals surface area (Å²) in [6, 6.07) is 6.20. The van der Waals surface area contributed by atoms with Crippen LogP contribution in [0, 0.1) is 5.92 Å². The topological polar surface area (TPSA) is 41.1 Å². The first-order valence-electron chi connectivity index (χ1n) is 5.62. The SMILES string of the molecule is O=C1CSc2ccc(NCC3CC3)cc2N1. The van der Waals surface area contributed by atoms with Crippen molar-refractivity contribution in [1.82, 2.24) is 0 Å². The van der Waals surface area contributed by atoms with Crippen molar-refractivity contribution >= 4 is 29.0 Å². The summed E-state index contributed by atoms with van der Waals surface area (Å²) >= 11 is 1.60. The maximum atomic E-state index is 11.3. The fraction of sp³-hybridized carbons (Fsp3) is 0.417. The molecule has 0 aromatic heterocycles. The average Bonchev–Trinajstić information content (AvgIpc) is 3.09. The van der Waals surface area contributed by atoms with Crippen LogP contribution in [-0.4, -0.2) is 18.2 Å². The van der Waals surface area contributed by atoms with Crippen LogP contribution in [0.1, 0.15) is 12.8 Å². The van der Waals surface area contributed by atoms with Crippen LogP contribution in [-0.2, 0) is 4.79 Å². The van der Waals surface area contributed by atoms with E-state index < -0.39 is 0 Å². The van der Waals surface area contributed by atoms with E-state index in [-0.39, 0.29) is 5.91 Å². The van der Waals surface area contributed by atoms with Crippen LogP contribution in [0.25, 0.3) is 0 Å². The predicted octanol–water partition coefficient (Wildman–Crippen LogP) is 2.55. The predicted molar refractivity (Wildman–Crippen MR) is 67.0 cm³/mol. The molecule has 0 atom stereocenters. The van der Waals surface area contributed by atoms with Crippen molar-refractivity contribution in [3.63, 3.8) is 0 Å². The number of carbonyl (C=O) groups is 1. The minimum Gasteiger partial charge on any atom is -0.385 e. The van der Waals surface area contributed by atoms with E-state index in [0.29, 0.717) is 5.75 Å². The number of anilines is 2. The smallest absolute Gasteiger partial charge is 0.234 e. The molecule has 4 heteroatoms. The molecule has 1 heterocycles. The van der Waals surface area contributed by atoms with Gasteiger partial charge < -0.3 is 10.6 Å². The number of amides is 1. The number of hydrogen-bond acceptors (Lipinski definition) is 3. The molecule has 16 heavy (non-hydrogen) atoms. The molecule has 1 aromatic carbocycles. The highest BCUT2D eigenvalue weighted by Gasteiger charge is 2.21. The van der Waals surface area contributed by atoms with E-state index in [9.17, 15) is 4.79 Å². The number of thioether (sulfide) groups is 1. The highest BCUT2D eigenvalue weighted by Crippen LogP contribution is 2.34. The largest absolute Gasteiger partial charge is 0.385 e. The molecule has 1 saturated carbocycles. The first-order chi connectivity index (χ1) is 7.81. The Balaban J connectivity index is 1.74. The molecule has 1 fully saturated rings. The van der Waals surface area contributed by atoms with Crippen LogP contribution in [0.3, 0.4) is 0 Å². The van der Waals surface area contributed by atoms with Gasteiger partial charge in [-0.25, -0.2) is 0 Å². The van der Waals surface area contributed by atoms with Crippen molar-refractivity contribution in [2.45, 2.75) is 17.7 Å². The Hall–Kier alpha value is -1.16. The molecule has 3 nitrogen and oxygen atoms in total. The second kappa shape index (κ2) is 4.01. The summed E-state index contributed by atoms with van der Waals surface area (Å²) in [7, 11) is 0. The molecule has 2 N–H and O–H groups in total. The molecule has 3 rings (SSSR count). The van der Waals surface area contributed by atoms with Crippen LogP contribution in [0.4, 0.5) is 11.4 Å². The van der Waals surface area contributed by atoms with Gasteiger partial charge in [0, 0.05) is 17.1 Å². The number of rotatable bonds is 3. The van der Waals surface area contributed by atoms with E-state index in [1.807, 2.05) is 6.07 Å². The van der Waals surface area contributed by atoms with Crippen molar-refractivity contribution in [1.29, 1.82) is 0 Å². The molecule has 0 saturated heterocycles. The lowest BCUT2D eigenvalue weighted by molar-refractivity contribution is -0.113. The van der Waals surface area contributed by atoms with Gasteiger partial charge in [0.1, 0.15) is 0 Å². The number of benzene rings is 1. The lowest BCUT2D eigenvalue weighted by Crippen LogP contribution is -2.18. The number of hydrogen-bond donors (Lipinski definition) is 2. The van der Waals surface area contributed by atoms with E-state index in [4.69, 9.17) is 0 Å². The minimum absolute atomic E-state index is 0.0943. The number of nitrogens with one attached hydrogen (secondary N) is 2. The lowest BCUT2D eigenvalue weighted by atomic mass is 10.2. The van der Waals surface area contributed by atoms with Crippen molar-refractivity contribution in [3.05, 3.63) is 18.2 Å². The summed E-state index contributed by atoms with van der Waals surface area (Å²) in [6.45, 7) is 1.06. The Bertz CT molecular complexity index is 429. The molecule has 84 valence electrons. The van der Waals surface area contributed by atoms with Gasteiger partial charge >= 0.3 is 0 Å². The Morgan fingerprint density at radius 3 is 3.12 bits per heavy atom. The van der Waals surface area contributed by atoms with Gasteiger partial charge in [0.2, 0.25) is 5.91 Å². The van der Waals surface area contributed by atoms with Crippen LogP contribution < -0.4 is 10.6 Å². The molecule has 1 aliphatic carbocycles. The molecule has 0 radical (unpaired) electrons. The van der Waals surface area contributed by atoms with E-state index in [2.05, 4.69) is 22.8 Å². The molecule has 1 aliphatic heterocycles. The highest BCUT2D eigenvalue weighted by atomic mass is 32.2. The van der Waals surface area contributed by atoms with Gasteiger partial charge in [-0.05, 0) is 37.0 Å². The third-order valence-corrected chi connectivity index (χ3v) is 3.98. The normalized spacial score (nSPS) is 18.9. The summed E-state index contributed by atoms with van der Waals surface area (Å²) < 4.78 is 0. The molecule has 0 unspecified atom stereocenters. The van der Waals surface area contributed by atoms with Crippen LogP contribution in [0.5, 0.6) is 0 Å². The van der Waals surface area contributed by atoms with E-state index in [1.54, 1.807) is 11.8 Å². The summed E-state index contributed by atoms with van der Waals surface area (Å²) in [5, 5.41) is 6.31. The summed E-state index contributed by atoms with van der Waals surface area (Å²) in [5.41, 5.74) is 2.05. The van der Waals surface area contributed by atoms with E-state index >= 15 is 0 Å². The summed E-state index contributed by atoms with van der Waals surface area (Å²) in [5.74, 6) is 1.49. The second-order valence-electron chi connectivity index (χ2n) is 4.37. The quantitative estimate of drug-likeness (QED) is 0.844. The number of fused-ring (bicyclic) bond motifs is 1. The van der Waals surface area contributed by atoms with Gasteiger partial charge in [0.15, 0.2) is 0 Å². The number of carbonyl (C=O) groups excluding carboxylic acids is 1. The van der Waals surface area contributed by atoms with Crippen molar-refractivity contribution in [2.75, 3.05) is 22.9 Å². The molecule has 0 spiro atoms. The van der Waals surface area contributed by atoms with Gasteiger partial charge in [-0.15, -0.1) is 11.8 Å². The van der Waals surface area contributed by atoms with Gasteiger partial charge in [0.25, 0.3) is 0 Å². The molecule has 2 aliphatic rings. The van der Waals surface area contributed by atoms with Gasteiger partial charge in [0.05, 0.1) is 11.4 Å². The Labute approximate surface area is 99.0 Å². The van der Waals surface area contributed by atoms with Gasteiger partial charge in [-0.2, -0.15) is 0 Å². The van der Waals surface area contributed by atoms with Crippen LogP contribution in [0.15, 0.2) is 23.1 Å². The van der Waals surface area contributed by atoms with Gasteiger partial charge in [-0.1, -0.05) is 0 Å². The summed E-state index contributed by atoms with van der Waals surface area (Å²) in [4.78, 5) is 12.4. The maximum Gasteiger partial charge on any atom is 0.234 e. The molecular formula is C12H14N2OS. The molecule has 0 bridgehead atoms. The lowest BCUT2D eigenvalue weighted by Gasteiger charge is -2.17. The molecule has 1 aromatic rings. The van der Waals surface area contributed by atoms with Crippen molar-refractivity contribution < 1.29 is 4.79 Å². The van der Waals surface area contributed by atoms with Crippen LogP contribution >= 0.6 is 11.8 Å². The average molecular weight is 234 g/mol. The maximum absolute atomic E-state index is 11.3. The van der Waals surface area contributed by atoms with Crippen LogP contribution in [0.2, 0.25) is 0 Å². The third-order valence-electron chi connectivity index (χ3n) is 2.90. The molecule has 1 amide bonds. The third kappa shape index (κ3) is 2.16. The fourth-order valence-electron chi connectivity index (χ4n) is 1.78. The van der Waals surface area contributed by atoms with Gasteiger partial charge in [-0.3, -0.25) is 4.79 Å². The van der Waals surface area contributed by atoms with E-state index in [0.717, 1.165) is 28.7 Å². The van der Waals surface area contributed by atoms with Crippen molar-refractivity contribution in [2.24, 2.45) is 5.92 Å². The zero-order chi connectivity index (χ0) is 11.0. The Morgan fingerprint density at radius 1 is 1.44 bits per heavy atom. The minimum atomic E-state index is 0.0943. The first-order valence-corrected chi connectivity index (χ1v) is 6.60. The standard InChI is InChI=1S/C12H14N2OS/c15-12-7-16-11-4-3-9(5-10(11)14-12)13-6-8-1-2-8/h3-5,8,13H,1-2,6-7H2,(H,14,15). The Kier molecular flexibility index (Phi) is 2.52.